The van der Waals surface area contributed by atoms with Crippen molar-refractivity contribution in [1.29, 1.82) is 0 Å². The number of rotatable bonds is 4. The molecule has 4 nitrogen and oxygen atoms in total. The van der Waals surface area contributed by atoms with E-state index in [1.807, 2.05) is 6.92 Å². The molecule has 0 heterocycles. The van der Waals surface area contributed by atoms with Crippen LogP contribution in [-0.2, 0) is 9.05 Å². The van der Waals surface area contributed by atoms with Crippen molar-refractivity contribution < 1.29 is 17.6 Å². The van der Waals surface area contributed by atoms with E-state index >= 15 is 0 Å². The maximum absolute atomic E-state index is 13.4. The van der Waals surface area contributed by atoms with Crippen molar-refractivity contribution in [3.8, 4) is 0 Å². The zero-order valence-electron chi connectivity index (χ0n) is 10.3. The molecule has 1 fully saturated rings. The van der Waals surface area contributed by atoms with Crippen LogP contribution in [0.2, 0.25) is 0 Å². The van der Waals surface area contributed by atoms with Crippen LogP contribution in [0.4, 0.5) is 4.39 Å². The zero-order chi connectivity index (χ0) is 14.2. The highest BCUT2D eigenvalue weighted by molar-refractivity contribution is 8.13. The van der Waals surface area contributed by atoms with E-state index in [9.17, 15) is 17.6 Å². The maximum atomic E-state index is 13.4. The molecule has 0 radical (unpaired) electrons. The number of halogens is 2. The van der Waals surface area contributed by atoms with Crippen LogP contribution in [0, 0.1) is 5.82 Å². The third kappa shape index (κ3) is 3.25. The van der Waals surface area contributed by atoms with Crippen LogP contribution in [0.25, 0.3) is 0 Å². The normalized spacial score (nSPS) is 15.3. The third-order valence-electron chi connectivity index (χ3n) is 2.99. The minimum Gasteiger partial charge on any atom is -0.336 e. The van der Waals surface area contributed by atoms with E-state index < -0.39 is 19.8 Å². The lowest BCUT2D eigenvalue weighted by Crippen LogP contribution is -2.32. The number of carbonyl (C=O) groups excluding carboxylic acids is 1. The fraction of sp³-hybridized carbons (Fsp3) is 0.417. The number of carbonyl (C=O) groups is 1. The topological polar surface area (TPSA) is 54.5 Å². The number of hydrogen-bond acceptors (Lipinski definition) is 3. The summed E-state index contributed by atoms with van der Waals surface area (Å²) in [5.41, 5.74) is 0.00738. The molecule has 0 saturated heterocycles. The van der Waals surface area contributed by atoms with Crippen LogP contribution in [0.5, 0.6) is 0 Å². The monoisotopic (exact) mass is 305 g/mol. The molecular weight excluding hydrogens is 293 g/mol. The lowest BCUT2D eigenvalue weighted by Gasteiger charge is -2.20. The molecule has 0 spiro atoms. The summed E-state index contributed by atoms with van der Waals surface area (Å²) in [6, 6.07) is 3.11. The molecular formula is C12H13ClFNO3S. The second-order valence-electron chi connectivity index (χ2n) is 4.44. The van der Waals surface area contributed by atoms with Crippen molar-refractivity contribution >= 4 is 25.6 Å². The van der Waals surface area contributed by atoms with Gasteiger partial charge in [-0.2, -0.15) is 0 Å². The predicted octanol–water partition coefficient (Wildman–Crippen LogP) is 2.38. The van der Waals surface area contributed by atoms with Gasteiger partial charge in [0.25, 0.3) is 15.0 Å². The molecule has 2 rings (SSSR count). The highest BCUT2D eigenvalue weighted by atomic mass is 35.7. The molecule has 0 atom stereocenters. The fourth-order valence-electron chi connectivity index (χ4n) is 1.95. The van der Waals surface area contributed by atoms with E-state index in [1.54, 1.807) is 4.90 Å². The lowest BCUT2D eigenvalue weighted by atomic mass is 10.2. The smallest absolute Gasteiger partial charge is 0.261 e. The van der Waals surface area contributed by atoms with Crippen molar-refractivity contribution in [2.75, 3.05) is 6.54 Å². The van der Waals surface area contributed by atoms with E-state index in [1.165, 1.54) is 0 Å². The summed E-state index contributed by atoms with van der Waals surface area (Å²) < 4.78 is 35.8. The Labute approximate surface area is 115 Å². The molecule has 0 aliphatic heterocycles. The molecule has 0 N–H and O–H groups in total. The van der Waals surface area contributed by atoms with Crippen LogP contribution in [-0.4, -0.2) is 31.8 Å². The predicted molar refractivity (Wildman–Crippen MR) is 69.2 cm³/mol. The molecule has 1 aliphatic carbocycles. The van der Waals surface area contributed by atoms with Crippen molar-refractivity contribution in [1.82, 2.24) is 4.90 Å². The van der Waals surface area contributed by atoms with E-state index in [2.05, 4.69) is 0 Å². The first-order chi connectivity index (χ1) is 8.82. The van der Waals surface area contributed by atoms with Gasteiger partial charge in [-0.1, -0.05) is 0 Å². The average Bonchev–Trinajstić information content (AvgIpc) is 3.12. The summed E-state index contributed by atoms with van der Waals surface area (Å²) in [6.07, 6.45) is 1.85. The fourth-order valence-corrected chi connectivity index (χ4v) is 2.73. The number of hydrogen-bond donors (Lipinski definition) is 0. The number of benzene rings is 1. The average molecular weight is 306 g/mol. The van der Waals surface area contributed by atoms with Gasteiger partial charge in [-0.15, -0.1) is 0 Å². The molecule has 19 heavy (non-hydrogen) atoms. The Morgan fingerprint density at radius 1 is 1.42 bits per heavy atom. The summed E-state index contributed by atoms with van der Waals surface area (Å²) in [7, 11) is 1.12. The summed E-state index contributed by atoms with van der Waals surface area (Å²) in [4.78, 5) is 13.4. The highest BCUT2D eigenvalue weighted by Crippen LogP contribution is 2.28. The van der Waals surface area contributed by atoms with Crippen molar-refractivity contribution in [3.05, 3.63) is 29.6 Å². The largest absolute Gasteiger partial charge is 0.336 e. The molecule has 1 aliphatic rings. The summed E-state index contributed by atoms with van der Waals surface area (Å²) in [5.74, 6) is -1.16. The van der Waals surface area contributed by atoms with E-state index in [0.29, 0.717) is 6.54 Å². The highest BCUT2D eigenvalue weighted by Gasteiger charge is 2.32. The summed E-state index contributed by atoms with van der Waals surface area (Å²) in [6.45, 7) is 2.33. The van der Waals surface area contributed by atoms with Crippen molar-refractivity contribution in [2.45, 2.75) is 30.7 Å². The zero-order valence-corrected chi connectivity index (χ0v) is 11.8. The van der Waals surface area contributed by atoms with Crippen LogP contribution >= 0.6 is 10.7 Å². The molecule has 1 amide bonds. The number of amides is 1. The lowest BCUT2D eigenvalue weighted by molar-refractivity contribution is 0.0751. The van der Waals surface area contributed by atoms with Crippen LogP contribution in [0.1, 0.15) is 30.1 Å². The van der Waals surface area contributed by atoms with Gasteiger partial charge in [0.05, 0.1) is 4.90 Å². The molecule has 0 unspecified atom stereocenters. The molecule has 0 aromatic heterocycles. The van der Waals surface area contributed by atoms with Gasteiger partial charge in [-0.3, -0.25) is 4.79 Å². The maximum Gasteiger partial charge on any atom is 0.261 e. The molecule has 1 aromatic carbocycles. The van der Waals surface area contributed by atoms with Gasteiger partial charge in [0.2, 0.25) is 0 Å². The van der Waals surface area contributed by atoms with Gasteiger partial charge in [0, 0.05) is 28.8 Å². The second kappa shape index (κ2) is 5.09. The minimum atomic E-state index is -4.06. The van der Waals surface area contributed by atoms with E-state index in [-0.39, 0.29) is 17.5 Å². The Bertz CT molecular complexity index is 613. The van der Waals surface area contributed by atoms with Crippen LogP contribution < -0.4 is 0 Å². The van der Waals surface area contributed by atoms with Crippen LogP contribution in [0.3, 0.4) is 0 Å². The Morgan fingerprint density at radius 3 is 2.53 bits per heavy atom. The van der Waals surface area contributed by atoms with Crippen molar-refractivity contribution in [2.24, 2.45) is 0 Å². The van der Waals surface area contributed by atoms with E-state index in [4.69, 9.17) is 10.7 Å². The van der Waals surface area contributed by atoms with E-state index in [0.717, 1.165) is 31.0 Å². The molecule has 104 valence electrons. The molecule has 7 heteroatoms. The first kappa shape index (κ1) is 14.3. The first-order valence-electron chi connectivity index (χ1n) is 5.89. The van der Waals surface area contributed by atoms with Gasteiger partial charge in [-0.25, -0.2) is 12.8 Å². The SMILES string of the molecule is CCN(C(=O)c1cc(F)cc(S(=O)(=O)Cl)c1)C1CC1. The van der Waals surface area contributed by atoms with Gasteiger partial charge >= 0.3 is 0 Å². The Kier molecular flexibility index (Phi) is 3.82. The van der Waals surface area contributed by atoms with Gasteiger partial charge in [0.1, 0.15) is 5.82 Å². The molecule has 0 bridgehead atoms. The summed E-state index contributed by atoms with van der Waals surface area (Å²) in [5, 5.41) is 0. The summed E-state index contributed by atoms with van der Waals surface area (Å²) >= 11 is 0. The Morgan fingerprint density at radius 2 is 2.05 bits per heavy atom. The standard InChI is InChI=1S/C12H13ClFNO3S/c1-2-15(10-3-4-10)12(16)8-5-9(14)7-11(6-8)19(13,17)18/h5-7,10H,2-4H2,1H3. The van der Waals surface area contributed by atoms with Crippen molar-refractivity contribution in [3.63, 3.8) is 0 Å². The Balaban J connectivity index is 2.39. The Hall–Kier alpha value is -1.14. The third-order valence-corrected chi connectivity index (χ3v) is 4.32. The number of nitrogens with zero attached hydrogens (tertiary/aromatic N) is 1. The molecule has 1 saturated carbocycles. The molecule has 1 aromatic rings. The van der Waals surface area contributed by atoms with Gasteiger partial charge in [0.15, 0.2) is 0 Å². The first-order valence-corrected chi connectivity index (χ1v) is 8.20. The second-order valence-corrected chi connectivity index (χ2v) is 7.00. The quantitative estimate of drug-likeness (QED) is 0.803. The van der Waals surface area contributed by atoms with Gasteiger partial charge in [-0.05, 0) is 38.0 Å². The minimum absolute atomic E-state index is 0.00738. The van der Waals surface area contributed by atoms with Gasteiger partial charge < -0.3 is 4.90 Å². The van der Waals surface area contributed by atoms with Crippen LogP contribution in [0.15, 0.2) is 23.1 Å².